The summed E-state index contributed by atoms with van der Waals surface area (Å²) < 4.78 is 33.6. The SMILES string of the molecule is O=C([O-])c1nc(C2(CF)CC2)no1.O=C([O-])c1nc(C2(CF)CC2)no1.[K+].[K+]. The minimum absolute atomic E-state index is 0. The summed E-state index contributed by atoms with van der Waals surface area (Å²) in [5.74, 6) is -3.98. The summed E-state index contributed by atoms with van der Waals surface area (Å²) in [7, 11) is 0. The van der Waals surface area contributed by atoms with E-state index in [9.17, 15) is 28.6 Å². The van der Waals surface area contributed by atoms with Crippen molar-refractivity contribution in [2.45, 2.75) is 36.5 Å². The van der Waals surface area contributed by atoms with Crippen molar-refractivity contribution in [1.29, 1.82) is 0 Å². The van der Waals surface area contributed by atoms with Crippen LogP contribution in [0, 0.1) is 0 Å². The van der Waals surface area contributed by atoms with Gasteiger partial charge in [0.15, 0.2) is 11.6 Å². The summed E-state index contributed by atoms with van der Waals surface area (Å²) in [6, 6.07) is 0. The Labute approximate surface area is 242 Å². The third kappa shape index (κ3) is 5.73. The van der Waals surface area contributed by atoms with Crippen LogP contribution in [0.4, 0.5) is 8.78 Å². The van der Waals surface area contributed by atoms with E-state index in [0.717, 1.165) is 0 Å². The smallest absolute Gasteiger partial charge is 0.540 e. The molecule has 0 unspecified atom stereocenters. The van der Waals surface area contributed by atoms with Crippen molar-refractivity contribution in [3.05, 3.63) is 23.4 Å². The molecule has 2 saturated carbocycles. The number of aromatic carboxylic acids is 2. The van der Waals surface area contributed by atoms with Crippen LogP contribution in [0.25, 0.3) is 0 Å². The van der Waals surface area contributed by atoms with Gasteiger partial charge in [-0.2, -0.15) is 9.97 Å². The molecule has 14 heteroatoms. The molecule has 0 radical (unpaired) electrons. The average Bonchev–Trinajstić information content (AvgIpc) is 3.49. The second kappa shape index (κ2) is 10.6. The van der Waals surface area contributed by atoms with Gasteiger partial charge in [0.2, 0.25) is 0 Å². The summed E-state index contributed by atoms with van der Waals surface area (Å²) in [6.45, 7) is -1.17. The van der Waals surface area contributed by atoms with Crippen molar-refractivity contribution >= 4 is 11.9 Å². The van der Waals surface area contributed by atoms with E-state index in [1.807, 2.05) is 0 Å². The third-order valence-electron chi connectivity index (χ3n) is 4.37. The summed E-state index contributed by atoms with van der Waals surface area (Å²) in [5.41, 5.74) is -1.37. The number of halogens is 2. The quantitative estimate of drug-likeness (QED) is 0.389. The predicted octanol–water partition coefficient (Wildman–Crippen LogP) is -7.12. The van der Waals surface area contributed by atoms with Crippen LogP contribution in [0.3, 0.4) is 0 Å². The van der Waals surface area contributed by atoms with Gasteiger partial charge in [-0.3, -0.25) is 0 Å². The standard InChI is InChI=1S/2C7H7FN2O3.2K/c2*8-3-7(1-2-7)6-9-4(5(11)12)13-10-6;;/h2*1-3H2,(H,11,12);;/q;;2*+1/p-2. The van der Waals surface area contributed by atoms with Crippen LogP contribution < -0.4 is 113 Å². The van der Waals surface area contributed by atoms with Gasteiger partial charge in [-0.1, -0.05) is 10.3 Å². The van der Waals surface area contributed by atoms with E-state index >= 15 is 0 Å². The molecule has 2 aliphatic rings. The van der Waals surface area contributed by atoms with Gasteiger partial charge in [0, 0.05) is 0 Å². The number of aromatic nitrogens is 4. The van der Waals surface area contributed by atoms with E-state index in [-0.39, 0.29) is 114 Å². The zero-order valence-electron chi connectivity index (χ0n) is 15.2. The van der Waals surface area contributed by atoms with Gasteiger partial charge in [0.05, 0.1) is 10.8 Å². The van der Waals surface area contributed by atoms with E-state index in [1.54, 1.807) is 0 Å². The Morgan fingerprint density at radius 1 is 0.821 bits per heavy atom. The Morgan fingerprint density at radius 2 is 1.14 bits per heavy atom. The fourth-order valence-electron chi connectivity index (χ4n) is 2.18. The van der Waals surface area contributed by atoms with Crippen molar-refractivity contribution in [2.24, 2.45) is 0 Å². The first-order valence-electron chi connectivity index (χ1n) is 7.59. The predicted molar refractivity (Wildman–Crippen MR) is 71.0 cm³/mol. The minimum atomic E-state index is -1.53. The largest absolute Gasteiger partial charge is 1.00 e. The van der Waals surface area contributed by atoms with Crippen molar-refractivity contribution in [2.75, 3.05) is 13.3 Å². The number of nitrogens with zero attached hydrogens (tertiary/aromatic N) is 4. The van der Waals surface area contributed by atoms with E-state index < -0.39 is 47.9 Å². The zero-order chi connectivity index (χ0) is 18.9. The van der Waals surface area contributed by atoms with Gasteiger partial charge in [0.1, 0.15) is 25.3 Å². The number of carbonyl (C=O) groups is 2. The molecule has 2 heterocycles. The number of carboxylic acids is 2. The summed E-state index contributed by atoms with van der Waals surface area (Å²) in [5, 5.41) is 27.3. The molecule has 0 bridgehead atoms. The second-order valence-electron chi connectivity index (χ2n) is 6.25. The first kappa shape index (κ1) is 26.4. The minimum Gasteiger partial charge on any atom is -0.540 e. The van der Waals surface area contributed by atoms with Crippen LogP contribution in [-0.2, 0) is 10.8 Å². The molecular formula is C14H12F2K2N4O6. The van der Waals surface area contributed by atoms with Gasteiger partial charge in [-0.25, -0.2) is 8.78 Å². The van der Waals surface area contributed by atoms with Gasteiger partial charge < -0.3 is 28.8 Å². The van der Waals surface area contributed by atoms with Crippen LogP contribution in [0.1, 0.15) is 58.7 Å². The molecular weight excluding hydrogens is 436 g/mol. The van der Waals surface area contributed by atoms with Crippen LogP contribution >= 0.6 is 0 Å². The Balaban J connectivity index is 0.000000261. The molecule has 0 amide bonds. The molecule has 4 rings (SSSR count). The molecule has 28 heavy (non-hydrogen) atoms. The Kier molecular flexibility index (Phi) is 9.98. The molecule has 2 aromatic heterocycles. The molecule has 2 aromatic rings. The van der Waals surface area contributed by atoms with Crippen LogP contribution in [0.2, 0.25) is 0 Å². The van der Waals surface area contributed by atoms with Crippen LogP contribution in [0.15, 0.2) is 9.05 Å². The van der Waals surface area contributed by atoms with Crippen LogP contribution in [-0.4, -0.2) is 45.6 Å². The van der Waals surface area contributed by atoms with E-state index in [4.69, 9.17) is 0 Å². The normalized spacial score (nSPS) is 17.2. The molecule has 0 saturated heterocycles. The first-order valence-corrected chi connectivity index (χ1v) is 7.59. The molecule has 140 valence electrons. The van der Waals surface area contributed by atoms with E-state index in [2.05, 4.69) is 29.3 Å². The fourth-order valence-corrected chi connectivity index (χ4v) is 2.18. The molecule has 0 spiro atoms. The number of hydrogen-bond acceptors (Lipinski definition) is 10. The number of carbonyl (C=O) groups excluding carboxylic acids is 2. The number of rotatable bonds is 6. The fraction of sp³-hybridized carbons (Fsp3) is 0.571. The van der Waals surface area contributed by atoms with Crippen molar-refractivity contribution < 1.29 is 140 Å². The Morgan fingerprint density at radius 3 is 1.32 bits per heavy atom. The second-order valence-corrected chi connectivity index (χ2v) is 6.25. The summed E-state index contributed by atoms with van der Waals surface area (Å²) >= 11 is 0. The number of alkyl halides is 2. The van der Waals surface area contributed by atoms with E-state index in [0.29, 0.717) is 25.7 Å². The molecule has 10 nitrogen and oxygen atoms in total. The molecule has 2 fully saturated rings. The van der Waals surface area contributed by atoms with Gasteiger partial charge in [-0.15, -0.1) is 0 Å². The van der Waals surface area contributed by atoms with Gasteiger partial charge in [-0.05, 0) is 25.7 Å². The molecule has 0 N–H and O–H groups in total. The maximum atomic E-state index is 12.4. The Bertz CT molecular complexity index is 769. The van der Waals surface area contributed by atoms with Crippen LogP contribution in [0.5, 0.6) is 0 Å². The van der Waals surface area contributed by atoms with Gasteiger partial charge >= 0.3 is 103 Å². The third-order valence-corrected chi connectivity index (χ3v) is 4.37. The topological polar surface area (TPSA) is 158 Å². The van der Waals surface area contributed by atoms with Crippen molar-refractivity contribution in [3.8, 4) is 0 Å². The zero-order valence-corrected chi connectivity index (χ0v) is 21.5. The Hall–Kier alpha value is 0.353. The summed E-state index contributed by atoms with van der Waals surface area (Å²) in [6.07, 6.45) is 2.54. The van der Waals surface area contributed by atoms with Crippen molar-refractivity contribution in [1.82, 2.24) is 20.3 Å². The monoisotopic (exact) mass is 448 g/mol. The maximum absolute atomic E-state index is 12.4. The molecule has 2 aliphatic carbocycles. The molecule has 0 atom stereocenters. The van der Waals surface area contributed by atoms with Gasteiger partial charge in [0.25, 0.3) is 11.8 Å². The number of hydrogen-bond donors (Lipinski definition) is 0. The van der Waals surface area contributed by atoms with Crippen molar-refractivity contribution in [3.63, 3.8) is 0 Å². The summed E-state index contributed by atoms with van der Waals surface area (Å²) in [4.78, 5) is 27.6. The molecule has 0 aromatic carbocycles. The number of carboxylic acid groups (broad SMARTS) is 2. The maximum Gasteiger partial charge on any atom is 1.00 e. The average molecular weight is 448 g/mol. The first-order chi connectivity index (χ1) is 12.4. The van der Waals surface area contributed by atoms with E-state index in [1.165, 1.54) is 0 Å². The molecule has 0 aliphatic heterocycles.